The average molecular weight is 435 g/mol. The Labute approximate surface area is 182 Å². The van der Waals surface area contributed by atoms with Gasteiger partial charge in [0.05, 0.1) is 12.2 Å². The van der Waals surface area contributed by atoms with E-state index in [0.29, 0.717) is 11.5 Å². The summed E-state index contributed by atoms with van der Waals surface area (Å²) in [5.41, 5.74) is -0.173. The van der Waals surface area contributed by atoms with Gasteiger partial charge in [0.25, 0.3) is 6.43 Å². The standard InChI is InChI=1S/C26H30F4O/c1-3-5-17-6-8-18(9-7-17)10-11-19-12-13-20(16-22(19)27)21-14-15-23(31-4-2)25(28)24(21)26(29)30/h10-18,26H,3-9H2,1-2H3/b11-10+. The van der Waals surface area contributed by atoms with Crippen molar-refractivity contribution >= 4 is 6.08 Å². The molecule has 31 heavy (non-hydrogen) atoms. The number of halogens is 4. The lowest BCUT2D eigenvalue weighted by atomic mass is 9.80. The summed E-state index contributed by atoms with van der Waals surface area (Å²) < 4.78 is 61.5. The van der Waals surface area contributed by atoms with Gasteiger partial charge in [0.2, 0.25) is 0 Å². The van der Waals surface area contributed by atoms with Crippen LogP contribution in [0.5, 0.6) is 5.75 Å². The number of hydrogen-bond donors (Lipinski definition) is 0. The maximum atomic E-state index is 14.7. The van der Waals surface area contributed by atoms with E-state index in [9.17, 15) is 17.6 Å². The Morgan fingerprint density at radius 1 is 1.03 bits per heavy atom. The zero-order valence-corrected chi connectivity index (χ0v) is 18.1. The van der Waals surface area contributed by atoms with Gasteiger partial charge in [-0.25, -0.2) is 17.6 Å². The van der Waals surface area contributed by atoms with Crippen LogP contribution in [0, 0.1) is 23.5 Å². The van der Waals surface area contributed by atoms with E-state index in [2.05, 4.69) is 13.0 Å². The Morgan fingerprint density at radius 2 is 1.77 bits per heavy atom. The van der Waals surface area contributed by atoms with Crippen molar-refractivity contribution in [2.24, 2.45) is 11.8 Å². The first-order valence-electron chi connectivity index (χ1n) is 11.2. The fraction of sp³-hybridized carbons (Fsp3) is 0.462. The summed E-state index contributed by atoms with van der Waals surface area (Å²) in [6, 6.07) is 6.98. The van der Waals surface area contributed by atoms with Crippen LogP contribution >= 0.6 is 0 Å². The Bertz CT molecular complexity index is 899. The fourth-order valence-electron chi connectivity index (χ4n) is 4.45. The average Bonchev–Trinajstić information content (AvgIpc) is 2.75. The molecule has 3 rings (SSSR count). The summed E-state index contributed by atoms with van der Waals surface area (Å²) in [6.45, 7) is 4.02. The smallest absolute Gasteiger partial charge is 0.267 e. The third-order valence-corrected chi connectivity index (χ3v) is 6.11. The molecule has 1 aliphatic carbocycles. The van der Waals surface area contributed by atoms with Crippen LogP contribution in [-0.4, -0.2) is 6.61 Å². The van der Waals surface area contributed by atoms with Crippen molar-refractivity contribution in [1.82, 2.24) is 0 Å². The highest BCUT2D eigenvalue weighted by Gasteiger charge is 2.23. The van der Waals surface area contributed by atoms with Crippen LogP contribution in [0.25, 0.3) is 17.2 Å². The molecule has 0 atom stereocenters. The summed E-state index contributed by atoms with van der Waals surface area (Å²) in [6.07, 6.45) is 7.94. The van der Waals surface area contributed by atoms with E-state index < -0.39 is 23.6 Å². The van der Waals surface area contributed by atoms with Gasteiger partial charge in [-0.2, -0.15) is 0 Å². The first-order valence-corrected chi connectivity index (χ1v) is 11.2. The second kappa shape index (κ2) is 10.8. The molecule has 0 amide bonds. The van der Waals surface area contributed by atoms with Crippen LogP contribution in [0.15, 0.2) is 36.4 Å². The third-order valence-electron chi connectivity index (χ3n) is 6.11. The van der Waals surface area contributed by atoms with Gasteiger partial charge in [-0.15, -0.1) is 0 Å². The molecule has 0 radical (unpaired) electrons. The Kier molecular flexibility index (Phi) is 8.16. The van der Waals surface area contributed by atoms with Gasteiger partial charge in [-0.05, 0) is 73.8 Å². The van der Waals surface area contributed by atoms with E-state index in [1.54, 1.807) is 25.1 Å². The van der Waals surface area contributed by atoms with E-state index in [4.69, 9.17) is 4.74 Å². The van der Waals surface area contributed by atoms with Gasteiger partial charge in [0, 0.05) is 5.56 Å². The fourth-order valence-corrected chi connectivity index (χ4v) is 4.45. The first kappa shape index (κ1) is 23.4. The summed E-state index contributed by atoms with van der Waals surface area (Å²) in [7, 11) is 0. The maximum absolute atomic E-state index is 14.7. The molecule has 1 saturated carbocycles. The minimum absolute atomic E-state index is 0.0281. The molecule has 1 nitrogen and oxygen atoms in total. The van der Waals surface area contributed by atoms with Crippen LogP contribution in [-0.2, 0) is 0 Å². The Balaban J connectivity index is 1.79. The highest BCUT2D eigenvalue weighted by molar-refractivity contribution is 5.71. The maximum Gasteiger partial charge on any atom is 0.267 e. The Morgan fingerprint density at radius 3 is 2.39 bits per heavy atom. The summed E-state index contributed by atoms with van der Waals surface area (Å²) in [5, 5.41) is 0. The number of allylic oxidation sites excluding steroid dienone is 1. The van der Waals surface area contributed by atoms with Crippen molar-refractivity contribution in [1.29, 1.82) is 0 Å². The molecule has 0 saturated heterocycles. The molecular weight excluding hydrogens is 404 g/mol. The van der Waals surface area contributed by atoms with Gasteiger partial charge in [0.15, 0.2) is 11.6 Å². The van der Waals surface area contributed by atoms with Crippen molar-refractivity contribution < 1.29 is 22.3 Å². The Hall–Kier alpha value is -2.30. The highest BCUT2D eigenvalue weighted by Crippen LogP contribution is 2.38. The lowest BCUT2D eigenvalue weighted by Gasteiger charge is -2.26. The number of alkyl halides is 2. The molecule has 168 valence electrons. The van der Waals surface area contributed by atoms with Crippen LogP contribution in [0.4, 0.5) is 17.6 Å². The summed E-state index contributed by atoms with van der Waals surface area (Å²) in [4.78, 5) is 0. The molecule has 0 heterocycles. The van der Waals surface area contributed by atoms with Gasteiger partial charge < -0.3 is 4.74 Å². The topological polar surface area (TPSA) is 9.23 Å². The van der Waals surface area contributed by atoms with E-state index in [1.807, 2.05) is 0 Å². The number of rotatable bonds is 8. The van der Waals surface area contributed by atoms with Crippen LogP contribution in [0.1, 0.15) is 69.9 Å². The van der Waals surface area contributed by atoms with Crippen molar-refractivity contribution in [2.45, 2.75) is 58.8 Å². The van der Waals surface area contributed by atoms with Gasteiger partial charge in [0.1, 0.15) is 5.82 Å². The molecule has 1 fully saturated rings. The van der Waals surface area contributed by atoms with Gasteiger partial charge in [-0.1, -0.05) is 44.1 Å². The molecule has 0 N–H and O–H groups in total. The quantitative estimate of drug-likeness (QED) is 0.378. The molecule has 2 aromatic carbocycles. The van der Waals surface area contributed by atoms with Crippen molar-refractivity contribution in [2.75, 3.05) is 6.61 Å². The molecule has 0 aliphatic heterocycles. The molecule has 2 aromatic rings. The number of benzene rings is 2. The molecule has 0 unspecified atom stereocenters. The van der Waals surface area contributed by atoms with Crippen LogP contribution in [0.2, 0.25) is 0 Å². The molecule has 0 spiro atoms. The third kappa shape index (κ3) is 5.69. The van der Waals surface area contributed by atoms with Gasteiger partial charge >= 0.3 is 0 Å². The molecule has 5 heteroatoms. The highest BCUT2D eigenvalue weighted by atomic mass is 19.3. The second-order valence-corrected chi connectivity index (χ2v) is 8.24. The summed E-state index contributed by atoms with van der Waals surface area (Å²) >= 11 is 0. The largest absolute Gasteiger partial charge is 0.491 e. The summed E-state index contributed by atoms with van der Waals surface area (Å²) in [5.74, 6) is -0.586. The molecule has 1 aliphatic rings. The van der Waals surface area contributed by atoms with Gasteiger partial charge in [-0.3, -0.25) is 0 Å². The first-order chi connectivity index (χ1) is 14.9. The molecule has 0 bridgehead atoms. The van der Waals surface area contributed by atoms with Crippen molar-refractivity contribution in [3.8, 4) is 16.9 Å². The van der Waals surface area contributed by atoms with E-state index in [0.717, 1.165) is 18.8 Å². The SMILES string of the molecule is CCCC1CCC(/C=C/c2ccc(-c3ccc(OCC)c(F)c3C(F)F)cc2F)CC1. The predicted octanol–water partition coefficient (Wildman–Crippen LogP) is 8.59. The van der Waals surface area contributed by atoms with E-state index in [1.165, 1.54) is 43.9 Å². The monoisotopic (exact) mass is 434 g/mol. The lowest BCUT2D eigenvalue weighted by Crippen LogP contribution is -2.12. The zero-order valence-electron chi connectivity index (χ0n) is 18.1. The molecular formula is C26H30F4O. The zero-order chi connectivity index (χ0) is 22.4. The number of ether oxygens (including phenoxy) is 1. The molecule has 0 aromatic heterocycles. The lowest BCUT2D eigenvalue weighted by molar-refractivity contribution is 0.145. The normalized spacial score (nSPS) is 19.3. The van der Waals surface area contributed by atoms with E-state index in [-0.39, 0.29) is 23.5 Å². The minimum atomic E-state index is -3.04. The predicted molar refractivity (Wildman–Crippen MR) is 117 cm³/mol. The minimum Gasteiger partial charge on any atom is -0.491 e. The second-order valence-electron chi connectivity index (χ2n) is 8.24. The number of hydrogen-bond acceptors (Lipinski definition) is 1. The van der Waals surface area contributed by atoms with Crippen molar-refractivity contribution in [3.63, 3.8) is 0 Å². The van der Waals surface area contributed by atoms with Crippen LogP contribution in [0.3, 0.4) is 0 Å². The van der Waals surface area contributed by atoms with Crippen LogP contribution < -0.4 is 4.74 Å². The van der Waals surface area contributed by atoms with E-state index >= 15 is 0 Å². The van der Waals surface area contributed by atoms with Crippen molar-refractivity contribution in [3.05, 3.63) is 59.2 Å².